The van der Waals surface area contributed by atoms with Gasteiger partial charge in [-0.1, -0.05) is 66.7 Å². The molecule has 6 nitrogen and oxygen atoms in total. The topological polar surface area (TPSA) is 70.1 Å². The Bertz CT molecular complexity index is 1070. The summed E-state index contributed by atoms with van der Waals surface area (Å²) in [6.45, 7) is 4.08. The summed E-state index contributed by atoms with van der Waals surface area (Å²) in [5.41, 5.74) is 3.36. The van der Waals surface area contributed by atoms with Crippen LogP contribution in [0.3, 0.4) is 0 Å². The Morgan fingerprint density at radius 3 is 1.97 bits per heavy atom. The van der Waals surface area contributed by atoms with Crippen LogP contribution in [-0.4, -0.2) is 61.8 Å². The van der Waals surface area contributed by atoms with Crippen LogP contribution in [0.1, 0.15) is 44.2 Å². The Labute approximate surface area is 200 Å². The van der Waals surface area contributed by atoms with E-state index in [4.69, 9.17) is 4.74 Å². The van der Waals surface area contributed by atoms with Gasteiger partial charge in [-0.25, -0.2) is 9.59 Å². The lowest BCUT2D eigenvalue weighted by Gasteiger charge is -2.37. The summed E-state index contributed by atoms with van der Waals surface area (Å²) in [6.07, 6.45) is 1.01. The number of piperazine rings is 1. The number of esters is 1. The molecule has 1 aliphatic rings. The molecule has 1 heterocycles. The predicted molar refractivity (Wildman–Crippen MR) is 133 cm³/mol. The number of carbonyl (C=O) groups is 2. The van der Waals surface area contributed by atoms with Gasteiger partial charge in [0.05, 0.1) is 23.9 Å². The molecule has 0 radical (unpaired) electrons. The third-order valence-corrected chi connectivity index (χ3v) is 6.51. The van der Waals surface area contributed by atoms with Gasteiger partial charge in [-0.3, -0.25) is 4.90 Å². The van der Waals surface area contributed by atoms with Crippen molar-refractivity contribution in [2.75, 3.05) is 44.7 Å². The van der Waals surface area contributed by atoms with E-state index in [-0.39, 0.29) is 11.1 Å². The third kappa shape index (κ3) is 5.29. The highest BCUT2D eigenvalue weighted by molar-refractivity contribution is 6.06. The molecule has 0 saturated carbocycles. The van der Waals surface area contributed by atoms with E-state index in [0.29, 0.717) is 24.7 Å². The second kappa shape index (κ2) is 11.0. The van der Waals surface area contributed by atoms with Crippen molar-refractivity contribution in [1.29, 1.82) is 0 Å². The number of ether oxygens (including phenoxy) is 1. The van der Waals surface area contributed by atoms with E-state index >= 15 is 0 Å². The lowest BCUT2D eigenvalue weighted by molar-refractivity contribution is 0.0583. The molecule has 176 valence electrons. The first-order chi connectivity index (χ1) is 16.6. The Morgan fingerprint density at radius 2 is 1.44 bits per heavy atom. The van der Waals surface area contributed by atoms with Gasteiger partial charge in [0.1, 0.15) is 0 Å². The first-order valence-electron chi connectivity index (χ1n) is 11.6. The molecule has 0 aliphatic carbocycles. The number of carbonyl (C=O) groups excluding carboxylic acids is 1. The van der Waals surface area contributed by atoms with Crippen LogP contribution < -0.4 is 4.90 Å². The summed E-state index contributed by atoms with van der Waals surface area (Å²) in [5, 5.41) is 9.55. The van der Waals surface area contributed by atoms with Crippen LogP contribution in [0.5, 0.6) is 0 Å². The van der Waals surface area contributed by atoms with Gasteiger partial charge < -0.3 is 14.7 Å². The van der Waals surface area contributed by atoms with Crippen LogP contribution in [-0.2, 0) is 4.74 Å². The molecule has 1 aliphatic heterocycles. The van der Waals surface area contributed by atoms with Gasteiger partial charge in [0.15, 0.2) is 0 Å². The Morgan fingerprint density at radius 1 is 0.853 bits per heavy atom. The van der Waals surface area contributed by atoms with Crippen LogP contribution in [0.4, 0.5) is 5.69 Å². The van der Waals surface area contributed by atoms with Gasteiger partial charge in [-0.05, 0) is 36.2 Å². The van der Waals surface area contributed by atoms with Crippen LogP contribution in [0.2, 0.25) is 0 Å². The number of aromatic carboxylic acids is 1. The number of carboxylic acid groups (broad SMARTS) is 1. The molecule has 0 bridgehead atoms. The molecule has 34 heavy (non-hydrogen) atoms. The number of anilines is 1. The van der Waals surface area contributed by atoms with Gasteiger partial charge in [0.25, 0.3) is 0 Å². The normalized spacial score (nSPS) is 14.2. The molecular weight excluding hydrogens is 428 g/mol. The molecule has 3 aromatic carbocycles. The quantitative estimate of drug-likeness (QED) is 0.501. The van der Waals surface area contributed by atoms with E-state index < -0.39 is 11.9 Å². The van der Waals surface area contributed by atoms with Crippen molar-refractivity contribution in [2.24, 2.45) is 0 Å². The molecule has 0 unspecified atom stereocenters. The molecule has 0 atom stereocenters. The van der Waals surface area contributed by atoms with E-state index in [1.807, 2.05) is 12.1 Å². The van der Waals surface area contributed by atoms with Gasteiger partial charge in [0.2, 0.25) is 0 Å². The maximum absolute atomic E-state index is 12.4. The highest BCUT2D eigenvalue weighted by Gasteiger charge is 2.27. The van der Waals surface area contributed by atoms with Crippen molar-refractivity contribution in [2.45, 2.75) is 12.3 Å². The lowest BCUT2D eigenvalue weighted by atomic mass is 9.88. The van der Waals surface area contributed by atoms with Crippen molar-refractivity contribution in [3.63, 3.8) is 0 Å². The zero-order chi connectivity index (χ0) is 23.9. The van der Waals surface area contributed by atoms with Crippen molar-refractivity contribution < 1.29 is 19.4 Å². The highest BCUT2D eigenvalue weighted by Crippen LogP contribution is 2.29. The number of rotatable bonds is 8. The predicted octanol–water partition coefficient (Wildman–Crippen LogP) is 4.52. The number of hydrogen-bond acceptors (Lipinski definition) is 5. The highest BCUT2D eigenvalue weighted by atomic mass is 16.5. The van der Waals surface area contributed by atoms with Gasteiger partial charge in [-0.2, -0.15) is 0 Å². The molecule has 0 aromatic heterocycles. The Balaban J connectivity index is 1.44. The zero-order valence-corrected chi connectivity index (χ0v) is 19.4. The molecule has 0 amide bonds. The number of hydrogen-bond donors (Lipinski definition) is 1. The van der Waals surface area contributed by atoms with Crippen LogP contribution in [0, 0.1) is 0 Å². The molecule has 4 rings (SSSR count). The summed E-state index contributed by atoms with van der Waals surface area (Å²) in [7, 11) is 1.28. The minimum Gasteiger partial charge on any atom is -0.478 e. The number of methoxy groups -OCH3 is 1. The van der Waals surface area contributed by atoms with Gasteiger partial charge >= 0.3 is 11.9 Å². The Kier molecular flexibility index (Phi) is 7.60. The first-order valence-corrected chi connectivity index (χ1v) is 11.6. The SMILES string of the molecule is COC(=O)c1c(C(=O)O)cccc1N1CCN(CCC(c2ccccc2)c2ccccc2)CC1. The molecule has 0 spiro atoms. The monoisotopic (exact) mass is 458 g/mol. The summed E-state index contributed by atoms with van der Waals surface area (Å²) < 4.78 is 4.89. The second-order valence-corrected chi connectivity index (χ2v) is 8.49. The average Bonchev–Trinajstić information content (AvgIpc) is 2.89. The molecule has 3 aromatic rings. The molecular formula is C28H30N2O4. The average molecular weight is 459 g/mol. The smallest absolute Gasteiger partial charge is 0.340 e. The maximum atomic E-state index is 12.4. The van der Waals surface area contributed by atoms with Gasteiger partial charge in [0, 0.05) is 32.1 Å². The van der Waals surface area contributed by atoms with Crippen molar-refractivity contribution in [3.05, 3.63) is 101 Å². The van der Waals surface area contributed by atoms with E-state index in [0.717, 1.165) is 26.1 Å². The fourth-order valence-corrected chi connectivity index (χ4v) is 4.72. The largest absolute Gasteiger partial charge is 0.478 e. The fourth-order valence-electron chi connectivity index (χ4n) is 4.72. The fraction of sp³-hybridized carbons (Fsp3) is 0.286. The van der Waals surface area contributed by atoms with E-state index in [9.17, 15) is 14.7 Å². The minimum absolute atomic E-state index is 0.0275. The standard InChI is InChI=1S/C28H30N2O4/c1-34-28(33)26-24(27(31)32)13-8-14-25(26)30-19-17-29(18-20-30)16-15-23(21-9-4-2-5-10-21)22-11-6-3-7-12-22/h2-14,23H,15-20H2,1H3,(H,31,32). The molecule has 6 heteroatoms. The molecule has 1 fully saturated rings. The van der Waals surface area contributed by atoms with Gasteiger partial charge in [-0.15, -0.1) is 0 Å². The summed E-state index contributed by atoms with van der Waals surface area (Å²) in [5.74, 6) is -1.42. The van der Waals surface area contributed by atoms with E-state index in [2.05, 4.69) is 58.3 Å². The number of carboxylic acids is 1. The van der Waals surface area contributed by atoms with Crippen molar-refractivity contribution in [3.8, 4) is 0 Å². The number of benzene rings is 3. The zero-order valence-electron chi connectivity index (χ0n) is 19.4. The van der Waals surface area contributed by atoms with Crippen LogP contribution >= 0.6 is 0 Å². The molecule has 1 saturated heterocycles. The van der Waals surface area contributed by atoms with Crippen molar-refractivity contribution in [1.82, 2.24) is 4.90 Å². The second-order valence-electron chi connectivity index (χ2n) is 8.49. The van der Waals surface area contributed by atoms with E-state index in [1.165, 1.54) is 24.3 Å². The summed E-state index contributed by atoms with van der Waals surface area (Å²) >= 11 is 0. The molecule has 1 N–H and O–H groups in total. The number of nitrogens with zero attached hydrogens (tertiary/aromatic N) is 2. The maximum Gasteiger partial charge on any atom is 0.340 e. The minimum atomic E-state index is -1.13. The van der Waals surface area contributed by atoms with E-state index in [1.54, 1.807) is 12.1 Å². The lowest BCUT2D eigenvalue weighted by Crippen LogP contribution is -2.47. The van der Waals surface area contributed by atoms with Crippen LogP contribution in [0.15, 0.2) is 78.9 Å². The third-order valence-electron chi connectivity index (χ3n) is 6.51. The Hall–Kier alpha value is -3.64. The summed E-state index contributed by atoms with van der Waals surface area (Å²) in [4.78, 5) is 28.6. The van der Waals surface area contributed by atoms with Crippen LogP contribution in [0.25, 0.3) is 0 Å². The summed E-state index contributed by atoms with van der Waals surface area (Å²) in [6, 6.07) is 26.2. The first kappa shape index (κ1) is 23.5. The van der Waals surface area contributed by atoms with Crippen molar-refractivity contribution >= 4 is 17.6 Å².